The second-order valence-corrected chi connectivity index (χ2v) is 9.91. The maximum Gasteiger partial charge on any atom is 0.422 e. The average Bonchev–Trinajstić information content (AvgIpc) is 3.18. The number of thiazole rings is 1. The van der Waals surface area contributed by atoms with Crippen molar-refractivity contribution in [1.29, 1.82) is 0 Å². The highest BCUT2D eigenvalue weighted by molar-refractivity contribution is 7.09. The maximum atomic E-state index is 14.2. The lowest BCUT2D eigenvalue weighted by atomic mass is 9.86. The van der Waals surface area contributed by atoms with Crippen molar-refractivity contribution in [3.8, 4) is 11.3 Å². The molecule has 1 aromatic carbocycles. The predicted octanol–water partition coefficient (Wildman–Crippen LogP) is 5.57. The van der Waals surface area contributed by atoms with Gasteiger partial charge in [0.15, 0.2) is 5.78 Å². The van der Waals surface area contributed by atoms with Crippen molar-refractivity contribution in [2.24, 2.45) is 5.73 Å². The van der Waals surface area contributed by atoms with Crippen LogP contribution in [-0.4, -0.2) is 27.0 Å². The summed E-state index contributed by atoms with van der Waals surface area (Å²) < 4.78 is 56.5. The number of carbonyl (C=O) groups is 1. The van der Waals surface area contributed by atoms with Gasteiger partial charge in [-0.25, -0.2) is 14.4 Å². The van der Waals surface area contributed by atoms with Gasteiger partial charge in [0, 0.05) is 22.9 Å². The first-order valence-corrected chi connectivity index (χ1v) is 11.3. The fourth-order valence-corrected chi connectivity index (χ4v) is 4.01. The number of hydrogen-bond donors (Lipinski definition) is 2. The molecule has 0 saturated carbocycles. The number of ketones is 1. The summed E-state index contributed by atoms with van der Waals surface area (Å²) in [5, 5.41) is 13.0. The molecule has 3 rings (SSSR count). The van der Waals surface area contributed by atoms with Crippen LogP contribution in [0.15, 0.2) is 35.7 Å². The van der Waals surface area contributed by atoms with Crippen LogP contribution >= 0.6 is 11.3 Å². The molecule has 5 nitrogen and oxygen atoms in total. The molecule has 2 aromatic heterocycles. The molecule has 0 bridgehead atoms. The smallest absolute Gasteiger partial charge is 0.375 e. The Morgan fingerprint density at radius 2 is 1.79 bits per heavy atom. The summed E-state index contributed by atoms with van der Waals surface area (Å²) in [6.45, 7) is 6.41. The summed E-state index contributed by atoms with van der Waals surface area (Å²) in [6.07, 6.45) is -6.68. The van der Waals surface area contributed by atoms with Gasteiger partial charge < -0.3 is 10.8 Å². The summed E-state index contributed by atoms with van der Waals surface area (Å²) in [4.78, 5) is 20.6. The molecule has 10 heteroatoms. The second kappa shape index (κ2) is 9.16. The monoisotopic (exact) mass is 495 g/mol. The average molecular weight is 496 g/mol. The lowest BCUT2D eigenvalue weighted by Crippen LogP contribution is -2.44. The Morgan fingerprint density at radius 1 is 1.12 bits per heavy atom. The number of hydrogen-bond acceptors (Lipinski definition) is 6. The highest BCUT2D eigenvalue weighted by Gasteiger charge is 2.56. The van der Waals surface area contributed by atoms with Gasteiger partial charge in [-0.1, -0.05) is 0 Å². The van der Waals surface area contributed by atoms with Gasteiger partial charge in [0.25, 0.3) is 0 Å². The van der Waals surface area contributed by atoms with E-state index in [9.17, 15) is 27.5 Å². The van der Waals surface area contributed by atoms with Crippen LogP contribution in [-0.2, 0) is 11.1 Å². The minimum Gasteiger partial charge on any atom is -0.375 e. The van der Waals surface area contributed by atoms with Crippen molar-refractivity contribution in [2.45, 2.75) is 57.9 Å². The molecule has 0 amide bonds. The minimum atomic E-state index is -5.13. The zero-order valence-electron chi connectivity index (χ0n) is 19.1. The van der Waals surface area contributed by atoms with Gasteiger partial charge in [0.2, 0.25) is 5.60 Å². The van der Waals surface area contributed by atoms with Crippen LogP contribution in [0.5, 0.6) is 0 Å². The van der Waals surface area contributed by atoms with Crippen molar-refractivity contribution < 1.29 is 27.5 Å². The molecule has 0 spiro atoms. The SMILES string of the molecule is Cc1nc(C(=O)CCC(O)(c2cc(C(C)(C)N)cc(-c3ccc(F)c(C)c3)n2)C(F)(F)F)cs1. The van der Waals surface area contributed by atoms with Crippen LogP contribution in [0.4, 0.5) is 17.6 Å². The number of nitrogens with two attached hydrogens (primary N) is 1. The van der Waals surface area contributed by atoms with Gasteiger partial charge in [-0.3, -0.25) is 4.79 Å². The number of aliphatic hydroxyl groups is 1. The molecular formula is C24H25F4N3O2S. The fraction of sp³-hybridized carbons (Fsp3) is 0.375. The number of carbonyl (C=O) groups excluding carboxylic acids is 1. The zero-order valence-corrected chi connectivity index (χ0v) is 19.9. The Kier molecular flexibility index (Phi) is 6.99. The third-order valence-corrected chi connectivity index (χ3v) is 6.31. The van der Waals surface area contributed by atoms with Crippen molar-refractivity contribution >= 4 is 17.1 Å². The third kappa shape index (κ3) is 5.34. The number of Topliss-reactive ketones (excluding diaryl/α,β-unsaturated/α-hetero) is 1. The molecule has 34 heavy (non-hydrogen) atoms. The van der Waals surface area contributed by atoms with Gasteiger partial charge >= 0.3 is 6.18 Å². The Balaban J connectivity index is 2.10. The van der Waals surface area contributed by atoms with E-state index in [1.165, 1.54) is 47.9 Å². The molecule has 0 radical (unpaired) electrons. The van der Waals surface area contributed by atoms with Crippen LogP contribution < -0.4 is 5.73 Å². The molecule has 0 aliphatic rings. The molecule has 182 valence electrons. The summed E-state index contributed by atoms with van der Waals surface area (Å²) in [7, 11) is 0. The van der Waals surface area contributed by atoms with Gasteiger partial charge in [-0.2, -0.15) is 13.2 Å². The van der Waals surface area contributed by atoms with E-state index < -0.39 is 47.5 Å². The van der Waals surface area contributed by atoms with Crippen molar-refractivity contribution in [1.82, 2.24) is 9.97 Å². The summed E-state index contributed by atoms with van der Waals surface area (Å²) in [5.41, 5.74) is 2.09. The summed E-state index contributed by atoms with van der Waals surface area (Å²) in [6, 6.07) is 6.65. The molecule has 0 aliphatic carbocycles. The summed E-state index contributed by atoms with van der Waals surface area (Å²) in [5.74, 6) is -1.08. The first-order chi connectivity index (χ1) is 15.6. The van der Waals surface area contributed by atoms with E-state index in [4.69, 9.17) is 5.73 Å². The van der Waals surface area contributed by atoms with E-state index in [1.807, 2.05) is 0 Å². The highest BCUT2D eigenvalue weighted by atomic mass is 32.1. The van der Waals surface area contributed by atoms with Gasteiger partial charge in [-0.15, -0.1) is 11.3 Å². The lowest BCUT2D eigenvalue weighted by Gasteiger charge is -2.32. The summed E-state index contributed by atoms with van der Waals surface area (Å²) >= 11 is 1.20. The number of rotatable bonds is 7. The molecule has 0 fully saturated rings. The minimum absolute atomic E-state index is 0.0549. The topological polar surface area (TPSA) is 89.1 Å². The van der Waals surface area contributed by atoms with Crippen LogP contribution in [0.25, 0.3) is 11.3 Å². The van der Waals surface area contributed by atoms with E-state index in [1.54, 1.807) is 20.8 Å². The number of aromatic nitrogens is 2. The quantitative estimate of drug-likeness (QED) is 0.331. The molecule has 2 heterocycles. The van der Waals surface area contributed by atoms with Crippen LogP contribution in [0.3, 0.4) is 0 Å². The van der Waals surface area contributed by atoms with E-state index in [2.05, 4.69) is 9.97 Å². The first kappa shape index (κ1) is 25.9. The Labute approximate surface area is 198 Å². The molecule has 0 aliphatic heterocycles. The fourth-order valence-electron chi connectivity index (χ4n) is 3.40. The Bertz CT molecular complexity index is 1220. The van der Waals surface area contributed by atoms with Crippen molar-refractivity contribution in [3.63, 3.8) is 0 Å². The van der Waals surface area contributed by atoms with Crippen molar-refractivity contribution in [2.75, 3.05) is 0 Å². The first-order valence-electron chi connectivity index (χ1n) is 10.4. The standard InChI is InChI=1S/C24H25F4N3O2S/c1-13-9-15(5-6-17(13)25)18-10-16(22(3,4)29)11-21(31-18)23(33,24(26,27)28)8-7-20(32)19-12-34-14(2)30-19/h5-6,9-12,33H,7-8,29H2,1-4H3. The van der Waals surface area contributed by atoms with Crippen molar-refractivity contribution in [3.05, 3.63) is 69.1 Å². The number of aryl methyl sites for hydroxylation is 2. The van der Waals surface area contributed by atoms with Crippen LogP contribution in [0.2, 0.25) is 0 Å². The zero-order chi connectivity index (χ0) is 25.5. The molecule has 3 N–H and O–H groups in total. The van der Waals surface area contributed by atoms with E-state index >= 15 is 0 Å². The van der Waals surface area contributed by atoms with E-state index in [0.717, 1.165) is 6.07 Å². The van der Waals surface area contributed by atoms with Gasteiger partial charge in [0.1, 0.15) is 11.5 Å². The van der Waals surface area contributed by atoms with Gasteiger partial charge in [-0.05, 0) is 75.6 Å². The maximum absolute atomic E-state index is 14.2. The largest absolute Gasteiger partial charge is 0.422 e. The molecule has 1 unspecified atom stereocenters. The number of halogens is 4. The van der Waals surface area contributed by atoms with E-state index in [-0.39, 0.29) is 17.0 Å². The number of pyridine rings is 1. The number of nitrogens with zero attached hydrogens (tertiary/aromatic N) is 2. The van der Waals surface area contributed by atoms with E-state index in [0.29, 0.717) is 16.1 Å². The molecule has 0 saturated heterocycles. The number of alkyl halides is 3. The normalized spacial score (nSPS) is 14.2. The van der Waals surface area contributed by atoms with Crippen LogP contribution in [0.1, 0.15) is 59.0 Å². The Morgan fingerprint density at radius 3 is 2.32 bits per heavy atom. The Hall–Kier alpha value is -2.69. The van der Waals surface area contributed by atoms with Crippen LogP contribution in [0, 0.1) is 19.7 Å². The second-order valence-electron chi connectivity index (χ2n) is 8.84. The molecular weight excluding hydrogens is 470 g/mol. The highest BCUT2D eigenvalue weighted by Crippen LogP contribution is 2.43. The molecule has 3 aromatic rings. The lowest BCUT2D eigenvalue weighted by molar-refractivity contribution is -0.270. The number of benzene rings is 1. The third-order valence-electron chi connectivity index (χ3n) is 5.53. The van der Waals surface area contributed by atoms with Gasteiger partial charge in [0.05, 0.1) is 16.4 Å². The molecule has 1 atom stereocenters. The predicted molar refractivity (Wildman–Crippen MR) is 122 cm³/mol.